The molecule has 1 fully saturated rings. The fourth-order valence-corrected chi connectivity index (χ4v) is 2.61. The Morgan fingerprint density at radius 1 is 1.31 bits per heavy atom. The number of hydrogen-bond donors (Lipinski definition) is 1. The topological polar surface area (TPSA) is 15.3 Å². The molecule has 0 amide bonds. The summed E-state index contributed by atoms with van der Waals surface area (Å²) in [5.41, 5.74) is 0.369. The molecule has 1 aliphatic heterocycles. The maximum Gasteiger partial charge on any atom is 0.0244 e. The van der Waals surface area contributed by atoms with Gasteiger partial charge in [-0.15, -0.1) is 0 Å². The van der Waals surface area contributed by atoms with E-state index in [2.05, 4.69) is 51.8 Å². The molecule has 0 aliphatic carbocycles. The summed E-state index contributed by atoms with van der Waals surface area (Å²) in [7, 11) is 0. The lowest BCUT2D eigenvalue weighted by Crippen LogP contribution is -2.61. The lowest BCUT2D eigenvalue weighted by atomic mass is 9.83. The Labute approximate surface area is 102 Å². The molecule has 1 aliphatic rings. The van der Waals surface area contributed by atoms with E-state index in [4.69, 9.17) is 0 Å². The molecule has 96 valence electrons. The molecule has 0 aromatic heterocycles. The molecule has 0 aromatic carbocycles. The van der Waals surface area contributed by atoms with Gasteiger partial charge in [0, 0.05) is 25.2 Å². The minimum absolute atomic E-state index is 0.369. The van der Waals surface area contributed by atoms with E-state index in [0.717, 1.165) is 18.5 Å². The average Bonchev–Trinajstić information content (AvgIpc) is 2.16. The Balaban J connectivity index is 2.65. The quantitative estimate of drug-likeness (QED) is 0.796. The van der Waals surface area contributed by atoms with Crippen LogP contribution in [0, 0.1) is 11.3 Å². The summed E-state index contributed by atoms with van der Waals surface area (Å²) in [5.74, 6) is 0.750. The van der Waals surface area contributed by atoms with Crippen LogP contribution in [-0.2, 0) is 0 Å². The fourth-order valence-electron chi connectivity index (χ4n) is 2.61. The summed E-state index contributed by atoms with van der Waals surface area (Å²) in [6.07, 6.45) is 1.26. The van der Waals surface area contributed by atoms with E-state index in [1.54, 1.807) is 0 Å². The van der Waals surface area contributed by atoms with Crippen LogP contribution in [0.4, 0.5) is 0 Å². The third-order valence-electron chi connectivity index (χ3n) is 3.79. The molecule has 1 saturated heterocycles. The third-order valence-corrected chi connectivity index (χ3v) is 3.79. The van der Waals surface area contributed by atoms with Crippen LogP contribution in [0.2, 0.25) is 0 Å². The van der Waals surface area contributed by atoms with Gasteiger partial charge >= 0.3 is 0 Å². The Hall–Kier alpha value is -0.0800. The molecule has 2 unspecified atom stereocenters. The number of nitrogens with zero attached hydrogens (tertiary/aromatic N) is 1. The van der Waals surface area contributed by atoms with Gasteiger partial charge in [-0.1, -0.05) is 41.5 Å². The highest BCUT2D eigenvalue weighted by atomic mass is 15.2. The average molecular weight is 226 g/mol. The first-order valence-corrected chi connectivity index (χ1v) is 6.83. The van der Waals surface area contributed by atoms with E-state index in [-0.39, 0.29) is 0 Å². The second-order valence-corrected chi connectivity index (χ2v) is 6.63. The molecule has 16 heavy (non-hydrogen) atoms. The van der Waals surface area contributed by atoms with E-state index in [0.29, 0.717) is 11.5 Å². The predicted octanol–water partition coefficient (Wildman–Crippen LogP) is 2.74. The fraction of sp³-hybridized carbons (Fsp3) is 1.00. The summed E-state index contributed by atoms with van der Waals surface area (Å²) in [6, 6.07) is 1.35. The van der Waals surface area contributed by atoms with Gasteiger partial charge in [-0.3, -0.25) is 4.90 Å². The van der Waals surface area contributed by atoms with Crippen LogP contribution in [0.3, 0.4) is 0 Å². The van der Waals surface area contributed by atoms with Crippen molar-refractivity contribution in [2.45, 2.75) is 60.0 Å². The molecule has 2 nitrogen and oxygen atoms in total. The van der Waals surface area contributed by atoms with Crippen LogP contribution in [0.15, 0.2) is 0 Å². The molecule has 0 aromatic rings. The van der Waals surface area contributed by atoms with E-state index in [1.807, 2.05) is 0 Å². The zero-order valence-corrected chi connectivity index (χ0v) is 12.0. The van der Waals surface area contributed by atoms with Crippen molar-refractivity contribution in [3.05, 3.63) is 0 Å². The lowest BCUT2D eigenvalue weighted by Gasteiger charge is -2.46. The monoisotopic (exact) mass is 226 g/mol. The molecule has 0 spiro atoms. The number of hydrogen-bond acceptors (Lipinski definition) is 2. The number of piperazine rings is 1. The summed E-state index contributed by atoms with van der Waals surface area (Å²) < 4.78 is 0. The van der Waals surface area contributed by atoms with Gasteiger partial charge in [0.15, 0.2) is 0 Å². The van der Waals surface area contributed by atoms with Gasteiger partial charge < -0.3 is 5.32 Å². The van der Waals surface area contributed by atoms with Gasteiger partial charge in [0.2, 0.25) is 0 Å². The van der Waals surface area contributed by atoms with Crippen molar-refractivity contribution in [2.24, 2.45) is 11.3 Å². The van der Waals surface area contributed by atoms with Crippen LogP contribution in [0.25, 0.3) is 0 Å². The van der Waals surface area contributed by atoms with Gasteiger partial charge in [0.25, 0.3) is 0 Å². The van der Waals surface area contributed by atoms with Crippen LogP contribution < -0.4 is 5.32 Å². The first-order valence-electron chi connectivity index (χ1n) is 6.83. The van der Waals surface area contributed by atoms with Crippen molar-refractivity contribution < 1.29 is 0 Å². The van der Waals surface area contributed by atoms with Crippen LogP contribution >= 0.6 is 0 Å². The van der Waals surface area contributed by atoms with E-state index in [9.17, 15) is 0 Å². The predicted molar refractivity (Wildman–Crippen MR) is 71.7 cm³/mol. The molecule has 2 heteroatoms. The molecular weight excluding hydrogens is 196 g/mol. The number of nitrogens with one attached hydrogen (secondary N) is 1. The summed E-state index contributed by atoms with van der Waals surface area (Å²) in [5, 5.41) is 3.74. The Morgan fingerprint density at radius 3 is 2.38 bits per heavy atom. The minimum Gasteiger partial charge on any atom is -0.311 e. The maximum absolute atomic E-state index is 3.74. The molecule has 2 atom stereocenters. The SMILES string of the molecule is CCCN1CC(C(C)(C)C)NCC1C(C)C. The van der Waals surface area contributed by atoms with Gasteiger partial charge in [-0.05, 0) is 24.3 Å². The van der Waals surface area contributed by atoms with Gasteiger partial charge in [-0.2, -0.15) is 0 Å². The molecule has 1 heterocycles. The highest BCUT2D eigenvalue weighted by Gasteiger charge is 2.34. The Kier molecular flexibility index (Phi) is 4.81. The molecule has 1 rings (SSSR count). The van der Waals surface area contributed by atoms with Crippen LogP contribution in [0.1, 0.15) is 48.0 Å². The smallest absolute Gasteiger partial charge is 0.0244 e. The summed E-state index contributed by atoms with van der Waals surface area (Å²) >= 11 is 0. The van der Waals surface area contributed by atoms with Crippen LogP contribution in [0.5, 0.6) is 0 Å². The lowest BCUT2D eigenvalue weighted by molar-refractivity contribution is 0.0634. The van der Waals surface area contributed by atoms with Gasteiger partial charge in [0.1, 0.15) is 0 Å². The second kappa shape index (κ2) is 5.50. The number of rotatable bonds is 3. The van der Waals surface area contributed by atoms with Crippen molar-refractivity contribution in [3.8, 4) is 0 Å². The second-order valence-electron chi connectivity index (χ2n) is 6.63. The van der Waals surface area contributed by atoms with E-state index in [1.165, 1.54) is 19.5 Å². The molecular formula is C14H30N2. The normalized spacial score (nSPS) is 28.7. The Bertz CT molecular complexity index is 205. The van der Waals surface area contributed by atoms with Crippen molar-refractivity contribution in [1.82, 2.24) is 10.2 Å². The van der Waals surface area contributed by atoms with E-state index >= 15 is 0 Å². The molecule has 1 N–H and O–H groups in total. The highest BCUT2D eigenvalue weighted by Crippen LogP contribution is 2.25. The van der Waals surface area contributed by atoms with Gasteiger partial charge in [-0.25, -0.2) is 0 Å². The maximum atomic E-state index is 3.74. The Morgan fingerprint density at radius 2 is 1.94 bits per heavy atom. The van der Waals surface area contributed by atoms with Crippen molar-refractivity contribution >= 4 is 0 Å². The molecule has 0 radical (unpaired) electrons. The third kappa shape index (κ3) is 3.46. The zero-order valence-electron chi connectivity index (χ0n) is 12.0. The molecule has 0 saturated carbocycles. The van der Waals surface area contributed by atoms with E-state index < -0.39 is 0 Å². The zero-order chi connectivity index (χ0) is 12.3. The standard InChI is InChI=1S/C14H30N2/c1-7-8-16-10-13(14(4,5)6)15-9-12(16)11(2)3/h11-13,15H,7-10H2,1-6H3. The summed E-state index contributed by atoms with van der Waals surface area (Å²) in [4.78, 5) is 2.69. The summed E-state index contributed by atoms with van der Waals surface area (Å²) in [6.45, 7) is 17.6. The van der Waals surface area contributed by atoms with Gasteiger partial charge in [0.05, 0.1) is 0 Å². The van der Waals surface area contributed by atoms with Crippen LogP contribution in [-0.4, -0.2) is 36.6 Å². The first kappa shape index (κ1) is 14.0. The van der Waals surface area contributed by atoms with Crippen molar-refractivity contribution in [2.75, 3.05) is 19.6 Å². The minimum atomic E-state index is 0.369. The largest absolute Gasteiger partial charge is 0.311 e. The first-order chi connectivity index (χ1) is 7.36. The van der Waals surface area contributed by atoms with Crippen molar-refractivity contribution in [1.29, 1.82) is 0 Å². The van der Waals surface area contributed by atoms with Crippen molar-refractivity contribution in [3.63, 3.8) is 0 Å². The highest BCUT2D eigenvalue weighted by molar-refractivity contribution is 4.92. The molecule has 0 bridgehead atoms.